The Morgan fingerprint density at radius 1 is 0.714 bits per heavy atom. The summed E-state index contributed by atoms with van der Waals surface area (Å²) in [5.41, 5.74) is 6.59. The van der Waals surface area contributed by atoms with Crippen LogP contribution in [0.3, 0.4) is 0 Å². The fourth-order valence-electron chi connectivity index (χ4n) is 3.19. The van der Waals surface area contributed by atoms with Crippen LogP contribution < -0.4 is 5.73 Å². The third-order valence-electron chi connectivity index (χ3n) is 5.00. The van der Waals surface area contributed by atoms with Crippen molar-refractivity contribution in [1.82, 2.24) is 4.98 Å². The van der Waals surface area contributed by atoms with Gasteiger partial charge in [0, 0.05) is 12.4 Å². The molecule has 1 aromatic rings. The second-order valence-electron chi connectivity index (χ2n) is 7.58. The number of halogens is 1. The summed E-state index contributed by atoms with van der Waals surface area (Å²) in [7, 11) is 0. The molecule has 0 saturated carbocycles. The molecule has 0 radical (unpaired) electrons. The molecule has 0 amide bonds. The molecule has 0 saturated heterocycles. The van der Waals surface area contributed by atoms with Crippen molar-refractivity contribution in [3.05, 3.63) is 36.7 Å². The first kappa shape index (κ1) is 29.8. The maximum atomic E-state index is 5.48. The minimum atomic E-state index is 0. The van der Waals surface area contributed by atoms with Gasteiger partial charge in [-0.3, -0.25) is 4.98 Å². The lowest BCUT2D eigenvalue weighted by atomic mass is 10.0. The van der Waals surface area contributed by atoms with Crippen molar-refractivity contribution in [2.24, 2.45) is 5.73 Å². The molecule has 0 aliphatic heterocycles. The van der Waals surface area contributed by atoms with E-state index in [2.05, 4.69) is 18.5 Å². The number of nitrogens with zero attached hydrogens (tertiary/aromatic N) is 1. The summed E-state index contributed by atoms with van der Waals surface area (Å²) >= 11 is 0. The molecule has 2 nitrogen and oxygen atoms in total. The molecular weight excluding hydrogens is 455 g/mol. The predicted octanol–water partition coefficient (Wildman–Crippen LogP) is 8.55. The van der Waals surface area contributed by atoms with Crippen molar-refractivity contribution in [3.63, 3.8) is 0 Å². The van der Waals surface area contributed by atoms with E-state index in [0.717, 1.165) is 12.1 Å². The number of hydrogen-bond acceptors (Lipinski definition) is 2. The standard InChI is InChI=1S/C18H39N.C7H7N.HI/c1-2-3-4-5-6-7-8-9-10-11-12-13-14-15-16-17-18-19;1-2-7-3-5-8-6-4-7;/h2-19H2,1H3;2-6H,1H2;1H. The van der Waals surface area contributed by atoms with E-state index in [4.69, 9.17) is 5.73 Å². The average Bonchev–Trinajstić information content (AvgIpc) is 2.72. The zero-order valence-electron chi connectivity index (χ0n) is 18.5. The number of unbranched alkanes of at least 4 members (excludes halogenated alkanes) is 15. The molecule has 0 aromatic carbocycles. The summed E-state index contributed by atoms with van der Waals surface area (Å²) in [4.78, 5) is 3.85. The molecule has 0 aliphatic rings. The number of pyridine rings is 1. The Morgan fingerprint density at radius 3 is 1.36 bits per heavy atom. The van der Waals surface area contributed by atoms with Crippen LogP contribution in [0.4, 0.5) is 0 Å². The highest BCUT2D eigenvalue weighted by Crippen LogP contribution is 2.13. The fourth-order valence-corrected chi connectivity index (χ4v) is 3.19. The zero-order chi connectivity index (χ0) is 19.8. The van der Waals surface area contributed by atoms with E-state index < -0.39 is 0 Å². The van der Waals surface area contributed by atoms with Gasteiger partial charge in [0.2, 0.25) is 0 Å². The molecule has 0 unspecified atom stereocenters. The molecule has 164 valence electrons. The summed E-state index contributed by atoms with van der Waals surface area (Å²) in [6.45, 7) is 6.77. The van der Waals surface area contributed by atoms with Crippen LogP contribution in [0.25, 0.3) is 6.08 Å². The third kappa shape index (κ3) is 23.6. The minimum Gasteiger partial charge on any atom is -0.330 e. The SMILES string of the molecule is C=Cc1ccncc1.CCCCCCCCCCCCCCCCCCN.I. The molecule has 2 N–H and O–H groups in total. The molecular formula is C25H47IN2. The van der Waals surface area contributed by atoms with Crippen LogP contribution in [0.5, 0.6) is 0 Å². The third-order valence-corrected chi connectivity index (χ3v) is 5.00. The fraction of sp³-hybridized carbons (Fsp3) is 0.720. The Hall–Kier alpha value is -0.420. The Morgan fingerprint density at radius 2 is 1.07 bits per heavy atom. The van der Waals surface area contributed by atoms with Gasteiger partial charge in [0.25, 0.3) is 0 Å². The van der Waals surface area contributed by atoms with Crippen molar-refractivity contribution < 1.29 is 0 Å². The van der Waals surface area contributed by atoms with Crippen LogP contribution in [0.2, 0.25) is 0 Å². The first-order valence-corrected chi connectivity index (χ1v) is 11.6. The summed E-state index contributed by atoms with van der Waals surface area (Å²) in [5.74, 6) is 0. The van der Waals surface area contributed by atoms with Gasteiger partial charge in [0.1, 0.15) is 0 Å². The molecule has 28 heavy (non-hydrogen) atoms. The van der Waals surface area contributed by atoms with Crippen LogP contribution in [-0.2, 0) is 0 Å². The second kappa shape index (κ2) is 26.6. The van der Waals surface area contributed by atoms with Gasteiger partial charge in [-0.1, -0.05) is 116 Å². The smallest absolute Gasteiger partial charge is 0.0273 e. The number of hydrogen-bond donors (Lipinski definition) is 1. The van der Waals surface area contributed by atoms with E-state index in [1.165, 1.54) is 103 Å². The van der Waals surface area contributed by atoms with Crippen molar-refractivity contribution >= 4 is 30.1 Å². The number of rotatable bonds is 17. The summed E-state index contributed by atoms with van der Waals surface area (Å²) in [6.07, 6.45) is 28.1. The molecule has 0 atom stereocenters. The Bertz CT molecular complexity index is 379. The molecule has 1 heterocycles. The Labute approximate surface area is 193 Å². The highest BCUT2D eigenvalue weighted by atomic mass is 127. The van der Waals surface area contributed by atoms with Gasteiger partial charge >= 0.3 is 0 Å². The van der Waals surface area contributed by atoms with Crippen molar-refractivity contribution in [1.29, 1.82) is 0 Å². The van der Waals surface area contributed by atoms with Gasteiger partial charge in [0.15, 0.2) is 0 Å². The van der Waals surface area contributed by atoms with Gasteiger partial charge in [-0.05, 0) is 30.7 Å². The molecule has 0 bridgehead atoms. The maximum absolute atomic E-state index is 5.48. The molecule has 1 aromatic heterocycles. The van der Waals surface area contributed by atoms with Gasteiger partial charge < -0.3 is 5.73 Å². The molecule has 1 rings (SSSR count). The second-order valence-corrected chi connectivity index (χ2v) is 7.58. The predicted molar refractivity (Wildman–Crippen MR) is 138 cm³/mol. The molecule has 0 spiro atoms. The van der Waals surface area contributed by atoms with E-state index in [-0.39, 0.29) is 24.0 Å². The number of aromatic nitrogens is 1. The van der Waals surface area contributed by atoms with Gasteiger partial charge in [-0.2, -0.15) is 0 Å². The van der Waals surface area contributed by atoms with Gasteiger partial charge in [-0.15, -0.1) is 24.0 Å². The summed E-state index contributed by atoms with van der Waals surface area (Å²) < 4.78 is 0. The van der Waals surface area contributed by atoms with E-state index in [9.17, 15) is 0 Å². The summed E-state index contributed by atoms with van der Waals surface area (Å²) in [5, 5.41) is 0. The maximum Gasteiger partial charge on any atom is 0.0273 e. The lowest BCUT2D eigenvalue weighted by Crippen LogP contribution is -1.97. The van der Waals surface area contributed by atoms with Crippen molar-refractivity contribution in [3.8, 4) is 0 Å². The Kier molecular flexibility index (Phi) is 28.3. The lowest BCUT2D eigenvalue weighted by Gasteiger charge is -2.03. The van der Waals surface area contributed by atoms with Crippen LogP contribution in [0.1, 0.15) is 115 Å². The summed E-state index contributed by atoms with van der Waals surface area (Å²) in [6, 6.07) is 3.82. The molecule has 3 heteroatoms. The largest absolute Gasteiger partial charge is 0.330 e. The monoisotopic (exact) mass is 502 g/mol. The van der Waals surface area contributed by atoms with Crippen LogP contribution in [-0.4, -0.2) is 11.5 Å². The molecule has 0 fully saturated rings. The quantitative estimate of drug-likeness (QED) is 0.171. The van der Waals surface area contributed by atoms with Crippen LogP contribution in [0.15, 0.2) is 31.1 Å². The number of nitrogens with two attached hydrogens (primary N) is 1. The van der Waals surface area contributed by atoms with Crippen LogP contribution in [0, 0.1) is 0 Å². The van der Waals surface area contributed by atoms with Crippen molar-refractivity contribution in [2.75, 3.05) is 6.54 Å². The van der Waals surface area contributed by atoms with Gasteiger partial charge in [0.05, 0.1) is 0 Å². The first-order valence-electron chi connectivity index (χ1n) is 11.6. The lowest BCUT2D eigenvalue weighted by molar-refractivity contribution is 0.530. The van der Waals surface area contributed by atoms with Crippen molar-refractivity contribution in [2.45, 2.75) is 110 Å². The van der Waals surface area contributed by atoms with E-state index in [0.29, 0.717) is 0 Å². The normalized spacial score (nSPS) is 9.93. The van der Waals surface area contributed by atoms with E-state index in [1.807, 2.05) is 12.1 Å². The van der Waals surface area contributed by atoms with E-state index >= 15 is 0 Å². The Balaban J connectivity index is 0. The van der Waals surface area contributed by atoms with E-state index in [1.54, 1.807) is 18.5 Å². The van der Waals surface area contributed by atoms with Gasteiger partial charge in [-0.25, -0.2) is 0 Å². The topological polar surface area (TPSA) is 38.9 Å². The molecule has 0 aliphatic carbocycles. The highest BCUT2D eigenvalue weighted by Gasteiger charge is 1.94. The average molecular weight is 503 g/mol. The van der Waals surface area contributed by atoms with Crippen LogP contribution >= 0.6 is 24.0 Å². The highest BCUT2D eigenvalue weighted by molar-refractivity contribution is 14.0. The zero-order valence-corrected chi connectivity index (χ0v) is 20.9. The minimum absolute atomic E-state index is 0. The first-order chi connectivity index (χ1) is 13.3.